The lowest BCUT2D eigenvalue weighted by Crippen LogP contribution is -2.37. The Labute approximate surface area is 146 Å². The van der Waals surface area contributed by atoms with Gasteiger partial charge in [0, 0.05) is 31.3 Å². The van der Waals surface area contributed by atoms with E-state index in [1.54, 1.807) is 13.8 Å². The molecule has 0 spiro atoms. The first-order valence-corrected chi connectivity index (χ1v) is 8.37. The van der Waals surface area contributed by atoms with Gasteiger partial charge in [0.1, 0.15) is 23.2 Å². The average molecular weight is 339 g/mol. The summed E-state index contributed by atoms with van der Waals surface area (Å²) in [6, 6.07) is 2.08. The van der Waals surface area contributed by atoms with Crippen molar-refractivity contribution in [3.05, 3.63) is 40.2 Å². The molecule has 0 saturated carbocycles. The number of aryl methyl sites for hydroxylation is 2. The lowest BCUT2D eigenvalue weighted by atomic mass is 10.1. The van der Waals surface area contributed by atoms with Gasteiger partial charge >= 0.3 is 0 Å². The maximum absolute atomic E-state index is 12.3. The minimum atomic E-state index is -0.196. The number of nitriles is 1. The third-order valence-electron chi connectivity index (χ3n) is 4.51. The summed E-state index contributed by atoms with van der Waals surface area (Å²) in [4.78, 5) is 23.3. The van der Waals surface area contributed by atoms with Crippen LogP contribution in [0.15, 0.2) is 10.6 Å². The molecule has 2 aromatic heterocycles. The van der Waals surface area contributed by atoms with Crippen molar-refractivity contribution in [1.82, 2.24) is 14.9 Å². The molecule has 1 aliphatic heterocycles. The lowest BCUT2D eigenvalue weighted by Gasteiger charge is -2.27. The molecule has 0 aromatic carbocycles. The summed E-state index contributed by atoms with van der Waals surface area (Å²) in [5.41, 5.74) is 3.29. The molecule has 1 aliphatic rings. The van der Waals surface area contributed by atoms with Gasteiger partial charge in [-0.25, -0.2) is 9.97 Å². The Kier molecular flexibility index (Phi) is 4.81. The Morgan fingerprint density at radius 3 is 3.00 bits per heavy atom. The van der Waals surface area contributed by atoms with Gasteiger partial charge in [0.25, 0.3) is 0 Å². The Morgan fingerprint density at radius 2 is 2.28 bits per heavy atom. The van der Waals surface area contributed by atoms with E-state index in [0.29, 0.717) is 17.9 Å². The molecule has 0 fully saturated rings. The summed E-state index contributed by atoms with van der Waals surface area (Å²) in [5, 5.41) is 11.9. The van der Waals surface area contributed by atoms with Crippen molar-refractivity contribution in [3.63, 3.8) is 0 Å². The minimum absolute atomic E-state index is 0.196. The van der Waals surface area contributed by atoms with Gasteiger partial charge in [0.05, 0.1) is 12.2 Å². The van der Waals surface area contributed by atoms with Crippen molar-refractivity contribution in [2.75, 3.05) is 18.4 Å². The van der Waals surface area contributed by atoms with E-state index in [2.05, 4.69) is 21.4 Å². The van der Waals surface area contributed by atoms with Crippen molar-refractivity contribution in [2.45, 2.75) is 40.2 Å². The van der Waals surface area contributed by atoms with Crippen LogP contribution >= 0.6 is 0 Å². The fourth-order valence-electron chi connectivity index (χ4n) is 2.92. The van der Waals surface area contributed by atoms with Crippen LogP contribution in [0.5, 0.6) is 0 Å². The summed E-state index contributed by atoms with van der Waals surface area (Å²) in [7, 11) is 0. The van der Waals surface area contributed by atoms with Crippen LogP contribution in [0, 0.1) is 25.2 Å². The second-order valence-electron chi connectivity index (χ2n) is 6.22. The largest absolute Gasteiger partial charge is 0.444 e. The zero-order chi connectivity index (χ0) is 18.0. The van der Waals surface area contributed by atoms with Gasteiger partial charge in [-0.2, -0.15) is 5.26 Å². The zero-order valence-electron chi connectivity index (χ0n) is 14.7. The molecule has 0 atom stereocenters. The summed E-state index contributed by atoms with van der Waals surface area (Å²) in [5.74, 6) is 1.50. The quantitative estimate of drug-likeness (QED) is 0.917. The number of carbonyl (C=O) groups is 1. The number of anilines is 1. The van der Waals surface area contributed by atoms with Crippen LogP contribution in [0.25, 0.3) is 0 Å². The third-order valence-corrected chi connectivity index (χ3v) is 4.51. The number of amides is 1. The van der Waals surface area contributed by atoms with Gasteiger partial charge in [0.15, 0.2) is 0 Å². The standard InChI is InChI=1S/C18H21N5O2/c1-4-16-20-8-13-5-6-23(9-15(13)21-16)10-17(24)22-18-14(7-19)11(2)12(3)25-18/h8H,4-6,9-10H2,1-3H3,(H,22,24). The molecule has 3 rings (SSSR count). The maximum atomic E-state index is 12.3. The normalized spacial score (nSPS) is 14.0. The van der Waals surface area contributed by atoms with E-state index in [1.165, 1.54) is 0 Å². The van der Waals surface area contributed by atoms with Crippen LogP contribution in [-0.2, 0) is 24.2 Å². The number of fused-ring (bicyclic) bond motifs is 1. The highest BCUT2D eigenvalue weighted by Gasteiger charge is 2.22. The number of hydrogen-bond acceptors (Lipinski definition) is 6. The Bertz CT molecular complexity index is 850. The summed E-state index contributed by atoms with van der Waals surface area (Å²) in [6.45, 7) is 7.23. The molecule has 3 heterocycles. The Hall–Kier alpha value is -2.72. The number of furan rings is 1. The van der Waals surface area contributed by atoms with Crippen LogP contribution in [0.2, 0.25) is 0 Å². The topological polar surface area (TPSA) is 95.1 Å². The van der Waals surface area contributed by atoms with Gasteiger partial charge in [-0.3, -0.25) is 15.0 Å². The summed E-state index contributed by atoms with van der Waals surface area (Å²) in [6.07, 6.45) is 3.52. The van der Waals surface area contributed by atoms with Crippen LogP contribution in [0.1, 0.15) is 40.9 Å². The van der Waals surface area contributed by atoms with Crippen molar-refractivity contribution < 1.29 is 9.21 Å². The van der Waals surface area contributed by atoms with Crippen molar-refractivity contribution in [2.24, 2.45) is 0 Å². The number of nitrogens with one attached hydrogen (secondary N) is 1. The van der Waals surface area contributed by atoms with E-state index in [9.17, 15) is 10.1 Å². The number of nitrogens with zero attached hydrogens (tertiary/aromatic N) is 4. The number of carbonyl (C=O) groups excluding carboxylic acids is 1. The smallest absolute Gasteiger partial charge is 0.240 e. The van der Waals surface area contributed by atoms with E-state index in [1.807, 2.05) is 18.0 Å². The van der Waals surface area contributed by atoms with Gasteiger partial charge in [-0.1, -0.05) is 6.92 Å². The fraction of sp³-hybridized carbons (Fsp3) is 0.444. The highest BCUT2D eigenvalue weighted by molar-refractivity contribution is 5.92. The van der Waals surface area contributed by atoms with Gasteiger partial charge in [-0.15, -0.1) is 0 Å². The van der Waals surface area contributed by atoms with Crippen molar-refractivity contribution in [1.29, 1.82) is 5.26 Å². The molecule has 0 unspecified atom stereocenters. The van der Waals surface area contributed by atoms with Crippen molar-refractivity contribution in [3.8, 4) is 6.07 Å². The first-order chi connectivity index (χ1) is 12.0. The number of rotatable bonds is 4. The molecule has 130 valence electrons. The van der Waals surface area contributed by atoms with Gasteiger partial charge < -0.3 is 4.42 Å². The maximum Gasteiger partial charge on any atom is 0.240 e. The van der Waals surface area contributed by atoms with Crippen LogP contribution in [-0.4, -0.2) is 33.9 Å². The second kappa shape index (κ2) is 7.03. The van der Waals surface area contributed by atoms with E-state index < -0.39 is 0 Å². The molecule has 0 radical (unpaired) electrons. The first-order valence-electron chi connectivity index (χ1n) is 8.37. The Balaban J connectivity index is 1.66. The number of aromatic nitrogens is 2. The second-order valence-corrected chi connectivity index (χ2v) is 6.22. The molecule has 2 aromatic rings. The fourth-order valence-corrected chi connectivity index (χ4v) is 2.92. The van der Waals surface area contributed by atoms with Crippen LogP contribution in [0.3, 0.4) is 0 Å². The molecule has 1 amide bonds. The summed E-state index contributed by atoms with van der Waals surface area (Å²) >= 11 is 0. The highest BCUT2D eigenvalue weighted by atomic mass is 16.4. The van der Waals surface area contributed by atoms with E-state index in [0.717, 1.165) is 42.0 Å². The van der Waals surface area contributed by atoms with E-state index in [-0.39, 0.29) is 18.3 Å². The molecule has 0 saturated heterocycles. The highest BCUT2D eigenvalue weighted by Crippen LogP contribution is 2.25. The number of hydrogen-bond donors (Lipinski definition) is 1. The van der Waals surface area contributed by atoms with Crippen molar-refractivity contribution >= 4 is 11.8 Å². The van der Waals surface area contributed by atoms with E-state index >= 15 is 0 Å². The van der Waals surface area contributed by atoms with E-state index in [4.69, 9.17) is 4.42 Å². The minimum Gasteiger partial charge on any atom is -0.444 e. The predicted octanol–water partition coefficient (Wildman–Crippen LogP) is 2.12. The molecule has 0 aliphatic carbocycles. The molecular weight excluding hydrogens is 318 g/mol. The molecular formula is C18H21N5O2. The van der Waals surface area contributed by atoms with Crippen LogP contribution in [0.4, 0.5) is 5.88 Å². The molecule has 25 heavy (non-hydrogen) atoms. The average Bonchev–Trinajstić information content (AvgIpc) is 2.87. The third kappa shape index (κ3) is 3.54. The molecule has 1 N–H and O–H groups in total. The Morgan fingerprint density at radius 1 is 1.48 bits per heavy atom. The monoisotopic (exact) mass is 339 g/mol. The lowest BCUT2D eigenvalue weighted by molar-refractivity contribution is -0.117. The molecule has 0 bridgehead atoms. The zero-order valence-corrected chi connectivity index (χ0v) is 14.7. The SMILES string of the molecule is CCc1ncc2c(n1)CN(CC(=O)Nc1oc(C)c(C)c1C#N)CC2. The van der Waals surface area contributed by atoms with Gasteiger partial charge in [0.2, 0.25) is 11.8 Å². The first kappa shape index (κ1) is 17.1. The molecule has 7 nitrogen and oxygen atoms in total. The predicted molar refractivity (Wildman–Crippen MR) is 91.9 cm³/mol. The summed E-state index contributed by atoms with van der Waals surface area (Å²) < 4.78 is 5.49. The van der Waals surface area contributed by atoms with Gasteiger partial charge in [-0.05, 0) is 25.8 Å². The van der Waals surface area contributed by atoms with Crippen LogP contribution < -0.4 is 5.32 Å². The molecule has 7 heteroatoms.